The van der Waals surface area contributed by atoms with Crippen molar-refractivity contribution in [3.05, 3.63) is 92.9 Å². The van der Waals surface area contributed by atoms with Crippen LogP contribution in [0.15, 0.2) is 69.4 Å². The number of aromatic hydroxyl groups is 4. The normalized spacial score (nSPS) is 21.8. The maximum absolute atomic E-state index is 12.2. The fourth-order valence-electron chi connectivity index (χ4n) is 6.75. The van der Waals surface area contributed by atoms with Crippen molar-refractivity contribution in [3.8, 4) is 34.5 Å². The molecule has 2 aliphatic carbocycles. The number of hydrogen-bond acceptors (Lipinski definition) is 8. The number of rotatable bonds is 4. The predicted molar refractivity (Wildman–Crippen MR) is 144 cm³/mol. The molecule has 1 aromatic heterocycles. The fourth-order valence-corrected chi connectivity index (χ4v) is 6.75. The molecule has 3 aromatic carbocycles. The molecule has 0 radical (unpaired) electrons. The van der Waals surface area contributed by atoms with Gasteiger partial charge < -0.3 is 34.3 Å². The number of ether oxygens (including phenoxy) is 2. The quantitative estimate of drug-likeness (QED) is 0.153. The van der Waals surface area contributed by atoms with Crippen LogP contribution in [0, 0.1) is 5.92 Å². The van der Waals surface area contributed by atoms with Crippen molar-refractivity contribution in [1.29, 1.82) is 0 Å². The molecule has 0 unspecified atom stereocenters. The van der Waals surface area contributed by atoms with Crippen molar-refractivity contribution < 1.29 is 34.3 Å². The number of methoxy groups -OCH3 is 2. The van der Waals surface area contributed by atoms with Crippen LogP contribution in [0.1, 0.15) is 53.4 Å². The third-order valence-electron chi connectivity index (χ3n) is 8.18. The molecule has 4 N–H and O–H groups in total. The van der Waals surface area contributed by atoms with Crippen LogP contribution in [-0.4, -0.2) is 34.6 Å². The molecule has 8 heteroatoms. The van der Waals surface area contributed by atoms with Gasteiger partial charge in [-0.05, 0) is 66.1 Å². The summed E-state index contributed by atoms with van der Waals surface area (Å²) in [7, 11) is 3.04. The van der Waals surface area contributed by atoms with Gasteiger partial charge in [-0.25, -0.2) is 4.79 Å². The largest absolute Gasteiger partial charge is 0.508 e. The zero-order chi connectivity index (χ0) is 27.6. The molecule has 8 nitrogen and oxygen atoms in total. The molecule has 0 bridgehead atoms. The second-order valence-electron chi connectivity index (χ2n) is 10.3. The smallest absolute Gasteiger partial charge is 0.336 e. The summed E-state index contributed by atoms with van der Waals surface area (Å²) in [5, 5.41) is 42.5. The van der Waals surface area contributed by atoms with Crippen LogP contribution in [0.25, 0.3) is 11.0 Å². The van der Waals surface area contributed by atoms with E-state index in [0.29, 0.717) is 17.6 Å². The Morgan fingerprint density at radius 2 is 1.69 bits per heavy atom. The van der Waals surface area contributed by atoms with E-state index in [-0.39, 0.29) is 58.0 Å². The van der Waals surface area contributed by atoms with Crippen LogP contribution in [0.5, 0.6) is 34.5 Å². The first-order valence-corrected chi connectivity index (χ1v) is 12.7. The number of phenols is 4. The molecule has 200 valence electrons. The van der Waals surface area contributed by atoms with Crippen LogP contribution in [0.4, 0.5) is 0 Å². The highest BCUT2D eigenvalue weighted by Gasteiger charge is 2.50. The van der Waals surface area contributed by atoms with Gasteiger partial charge in [-0.2, -0.15) is 0 Å². The van der Waals surface area contributed by atoms with E-state index in [1.54, 1.807) is 37.4 Å². The Bertz CT molecular complexity index is 1720. The van der Waals surface area contributed by atoms with Gasteiger partial charge in [-0.15, -0.1) is 0 Å². The van der Waals surface area contributed by atoms with Gasteiger partial charge in [0, 0.05) is 34.9 Å². The second kappa shape index (κ2) is 9.01. The van der Waals surface area contributed by atoms with E-state index in [0.717, 1.165) is 27.8 Å². The van der Waals surface area contributed by atoms with Crippen molar-refractivity contribution in [2.75, 3.05) is 14.2 Å². The number of phenolic OH excluding ortho intramolecular Hbond substituents is 4. The first-order chi connectivity index (χ1) is 18.7. The molecule has 6 rings (SSSR count). The lowest BCUT2D eigenvalue weighted by Crippen LogP contribution is -2.25. The van der Waals surface area contributed by atoms with Gasteiger partial charge in [0.15, 0.2) is 22.8 Å². The molecule has 0 fully saturated rings. The van der Waals surface area contributed by atoms with Crippen LogP contribution in [0.3, 0.4) is 0 Å². The summed E-state index contributed by atoms with van der Waals surface area (Å²) in [4.78, 5) is 12.2. The van der Waals surface area contributed by atoms with Crippen LogP contribution < -0.4 is 15.1 Å². The van der Waals surface area contributed by atoms with Gasteiger partial charge in [-0.1, -0.05) is 23.8 Å². The lowest BCUT2D eigenvalue weighted by molar-refractivity contribution is 0.330. The molecular weight excluding hydrogens is 500 g/mol. The Kier molecular flexibility index (Phi) is 5.71. The fraction of sp³-hybridized carbons (Fsp3) is 0.258. The molecule has 2 aliphatic rings. The Morgan fingerprint density at radius 1 is 0.897 bits per heavy atom. The first kappa shape index (κ1) is 24.7. The monoisotopic (exact) mass is 528 g/mol. The summed E-state index contributed by atoms with van der Waals surface area (Å²) in [5.74, 6) is -0.644. The third kappa shape index (κ3) is 3.70. The molecule has 0 amide bonds. The Morgan fingerprint density at radius 3 is 2.41 bits per heavy atom. The number of hydrogen-bond donors (Lipinski definition) is 4. The van der Waals surface area contributed by atoms with E-state index in [9.17, 15) is 25.2 Å². The van der Waals surface area contributed by atoms with E-state index < -0.39 is 5.63 Å². The lowest BCUT2D eigenvalue weighted by Gasteiger charge is -2.37. The summed E-state index contributed by atoms with van der Waals surface area (Å²) in [6, 6.07) is 12.9. The highest BCUT2D eigenvalue weighted by molar-refractivity contribution is 5.92. The standard InChI is InChI=1S/C31H28O8/c1-14-10-19(17-6-5-16(32)13-23(17)37-2)26-20(11-14)28-27(25(26)15-4-8-21(33)22(34)12-15)18-7-9-24(35)39-30(18)29(36)31(28)38-3/h4-9,11-13,19-20,25-26,32-34,36H,10H2,1-3H3/t19-,20+,25+,26-/m0/s1. The Hall–Kier alpha value is -4.59. The van der Waals surface area contributed by atoms with E-state index in [4.69, 9.17) is 13.9 Å². The number of allylic oxidation sites excluding steroid dienone is 2. The van der Waals surface area contributed by atoms with Crippen molar-refractivity contribution in [3.63, 3.8) is 0 Å². The molecular formula is C31H28O8. The minimum atomic E-state index is -0.600. The molecule has 39 heavy (non-hydrogen) atoms. The van der Waals surface area contributed by atoms with Crippen molar-refractivity contribution in [2.24, 2.45) is 5.92 Å². The average molecular weight is 529 g/mol. The van der Waals surface area contributed by atoms with Gasteiger partial charge in [0.1, 0.15) is 11.5 Å². The molecule has 4 aromatic rings. The van der Waals surface area contributed by atoms with Gasteiger partial charge >= 0.3 is 5.63 Å². The molecule has 0 saturated carbocycles. The van der Waals surface area contributed by atoms with Crippen LogP contribution in [0.2, 0.25) is 0 Å². The first-order valence-electron chi connectivity index (χ1n) is 12.7. The second-order valence-corrected chi connectivity index (χ2v) is 10.3. The van der Waals surface area contributed by atoms with Crippen molar-refractivity contribution >= 4 is 11.0 Å². The van der Waals surface area contributed by atoms with E-state index >= 15 is 0 Å². The zero-order valence-corrected chi connectivity index (χ0v) is 21.6. The summed E-state index contributed by atoms with van der Waals surface area (Å²) >= 11 is 0. The van der Waals surface area contributed by atoms with E-state index in [2.05, 4.69) is 13.0 Å². The maximum Gasteiger partial charge on any atom is 0.336 e. The Balaban J connectivity index is 1.72. The summed E-state index contributed by atoms with van der Waals surface area (Å²) in [5.41, 5.74) is 3.82. The highest BCUT2D eigenvalue weighted by Crippen LogP contribution is 2.65. The van der Waals surface area contributed by atoms with Gasteiger partial charge in [0.25, 0.3) is 0 Å². The molecule has 0 aliphatic heterocycles. The minimum Gasteiger partial charge on any atom is -0.508 e. The van der Waals surface area contributed by atoms with Crippen LogP contribution >= 0.6 is 0 Å². The van der Waals surface area contributed by atoms with Gasteiger partial charge in [0.05, 0.1) is 14.2 Å². The number of benzene rings is 3. The average Bonchev–Trinajstić information content (AvgIpc) is 3.25. The maximum atomic E-state index is 12.2. The third-order valence-corrected chi connectivity index (χ3v) is 8.18. The van der Waals surface area contributed by atoms with Crippen LogP contribution in [-0.2, 0) is 0 Å². The van der Waals surface area contributed by atoms with Gasteiger partial charge in [-0.3, -0.25) is 0 Å². The topological polar surface area (TPSA) is 130 Å². The molecule has 4 atom stereocenters. The minimum absolute atomic E-state index is 0.0317. The summed E-state index contributed by atoms with van der Waals surface area (Å²) < 4.78 is 16.9. The summed E-state index contributed by atoms with van der Waals surface area (Å²) in [6.45, 7) is 2.06. The lowest BCUT2D eigenvalue weighted by atomic mass is 9.66. The van der Waals surface area contributed by atoms with E-state index in [1.807, 2.05) is 6.07 Å². The molecule has 0 saturated heterocycles. The number of fused-ring (bicyclic) bond motifs is 5. The predicted octanol–water partition coefficient (Wildman–Crippen LogP) is 5.61. The van der Waals surface area contributed by atoms with Gasteiger partial charge in [0.2, 0.25) is 5.75 Å². The SMILES string of the molecule is COc1cc(O)ccc1[C@@H]1CC(C)=C[C@H]2c3c(OC)c(O)c4oc(=O)ccc4c3[C@H](c3ccc(O)c(O)c3)[C@H]21. The van der Waals surface area contributed by atoms with E-state index in [1.165, 1.54) is 19.2 Å². The zero-order valence-electron chi connectivity index (χ0n) is 21.6. The summed E-state index contributed by atoms with van der Waals surface area (Å²) in [6.07, 6.45) is 2.89. The molecule has 0 spiro atoms. The van der Waals surface area contributed by atoms with Crippen molar-refractivity contribution in [2.45, 2.75) is 31.1 Å². The highest BCUT2D eigenvalue weighted by atomic mass is 16.5. The van der Waals surface area contributed by atoms with Crippen molar-refractivity contribution in [1.82, 2.24) is 0 Å². The molecule has 1 heterocycles. The Labute approximate surface area is 224 Å².